The van der Waals surface area contributed by atoms with Gasteiger partial charge in [0.2, 0.25) is 0 Å². The second-order valence-corrected chi connectivity index (χ2v) is 2.54. The average molecular weight is 169 g/mol. The number of rotatable bonds is 3. The lowest BCUT2D eigenvalue weighted by Gasteiger charge is -2.07. The highest BCUT2D eigenvalue weighted by Crippen LogP contribution is 2.00. The third kappa shape index (κ3) is 2.05. The third-order valence-corrected chi connectivity index (χ3v) is 1.53. The summed E-state index contributed by atoms with van der Waals surface area (Å²) in [4.78, 5) is 14.7. The number of hydrogen-bond donors (Lipinski definition) is 0. The number of esters is 1. The molecule has 0 aliphatic carbocycles. The number of hydrogen-bond acceptors (Lipinski definition) is 4. The van der Waals surface area contributed by atoms with Crippen LogP contribution in [0.5, 0.6) is 0 Å². The Hall–Kier alpha value is -1.39. The zero-order chi connectivity index (χ0) is 8.97. The molecule has 0 spiro atoms. The molecule has 1 rings (SSSR count). The lowest BCUT2D eigenvalue weighted by Crippen LogP contribution is -2.18. The molecule has 0 radical (unpaired) electrons. The lowest BCUT2D eigenvalue weighted by molar-refractivity contribution is -0.145. The van der Waals surface area contributed by atoms with Gasteiger partial charge in [-0.3, -0.25) is 9.48 Å². The maximum Gasteiger partial charge on any atom is 0.310 e. The van der Waals surface area contributed by atoms with Crippen molar-refractivity contribution in [2.45, 2.75) is 13.5 Å². The molecular weight excluding hydrogens is 158 g/mol. The number of carbonyl (C=O) groups is 1. The highest BCUT2D eigenvalue weighted by atomic mass is 16.5. The maximum absolute atomic E-state index is 11.0. The van der Waals surface area contributed by atoms with Crippen molar-refractivity contribution in [3.63, 3.8) is 0 Å². The molecule has 12 heavy (non-hydrogen) atoms. The SMILES string of the molecule is COC(=O)[C@H](C)Cn1cncn1. The second-order valence-electron chi connectivity index (χ2n) is 2.54. The minimum absolute atomic E-state index is 0.184. The topological polar surface area (TPSA) is 57.0 Å². The van der Waals surface area contributed by atoms with Gasteiger partial charge in [-0.1, -0.05) is 6.92 Å². The van der Waals surface area contributed by atoms with Gasteiger partial charge in [-0.15, -0.1) is 0 Å². The summed E-state index contributed by atoms with van der Waals surface area (Å²) >= 11 is 0. The van der Waals surface area contributed by atoms with Crippen LogP contribution in [0.1, 0.15) is 6.92 Å². The molecule has 0 saturated carbocycles. The number of carbonyl (C=O) groups excluding carboxylic acids is 1. The van der Waals surface area contributed by atoms with Crippen LogP contribution in [0.15, 0.2) is 12.7 Å². The van der Waals surface area contributed by atoms with E-state index in [1.807, 2.05) is 0 Å². The van der Waals surface area contributed by atoms with Crippen molar-refractivity contribution < 1.29 is 9.53 Å². The van der Waals surface area contributed by atoms with Gasteiger partial charge in [-0.2, -0.15) is 5.10 Å². The zero-order valence-electron chi connectivity index (χ0n) is 7.10. The molecule has 0 aromatic carbocycles. The first-order chi connectivity index (χ1) is 5.74. The number of aromatic nitrogens is 3. The van der Waals surface area contributed by atoms with E-state index in [0.717, 1.165) is 0 Å². The summed E-state index contributed by atoms with van der Waals surface area (Å²) in [6.45, 7) is 2.29. The molecule has 0 saturated heterocycles. The zero-order valence-corrected chi connectivity index (χ0v) is 7.10. The lowest BCUT2D eigenvalue weighted by atomic mass is 10.2. The van der Waals surface area contributed by atoms with E-state index in [9.17, 15) is 4.79 Å². The van der Waals surface area contributed by atoms with Crippen LogP contribution in [0.4, 0.5) is 0 Å². The van der Waals surface area contributed by atoms with E-state index < -0.39 is 0 Å². The first-order valence-corrected chi connectivity index (χ1v) is 3.64. The molecule has 0 N–H and O–H groups in total. The Morgan fingerprint density at radius 2 is 2.50 bits per heavy atom. The molecule has 0 amide bonds. The van der Waals surface area contributed by atoms with E-state index in [1.165, 1.54) is 13.4 Å². The summed E-state index contributed by atoms with van der Waals surface area (Å²) < 4.78 is 6.16. The van der Waals surface area contributed by atoms with Gasteiger partial charge in [0, 0.05) is 0 Å². The predicted octanol–water partition coefficient (Wildman–Crippen LogP) is 0.0872. The fourth-order valence-corrected chi connectivity index (χ4v) is 0.883. The van der Waals surface area contributed by atoms with Crippen molar-refractivity contribution in [3.8, 4) is 0 Å². The number of ether oxygens (including phenoxy) is 1. The molecular formula is C7H11N3O2. The second kappa shape index (κ2) is 3.85. The largest absolute Gasteiger partial charge is 0.469 e. The summed E-state index contributed by atoms with van der Waals surface area (Å²) in [6.07, 6.45) is 3.00. The Bertz CT molecular complexity index is 245. The Labute approximate surface area is 70.4 Å². The first-order valence-electron chi connectivity index (χ1n) is 3.64. The minimum Gasteiger partial charge on any atom is -0.469 e. The summed E-state index contributed by atoms with van der Waals surface area (Å²) in [5, 5.41) is 3.87. The highest BCUT2D eigenvalue weighted by Gasteiger charge is 2.13. The van der Waals surface area contributed by atoms with Gasteiger partial charge in [0.25, 0.3) is 0 Å². The van der Waals surface area contributed by atoms with E-state index >= 15 is 0 Å². The molecule has 66 valence electrons. The van der Waals surface area contributed by atoms with Gasteiger partial charge in [-0.25, -0.2) is 4.98 Å². The standard InChI is InChI=1S/C7H11N3O2/c1-6(7(11)12-2)3-10-5-8-4-9-10/h4-6H,3H2,1-2H3/t6-/m1/s1. The number of nitrogens with zero attached hydrogens (tertiary/aromatic N) is 3. The Morgan fingerprint density at radius 1 is 1.75 bits per heavy atom. The Morgan fingerprint density at radius 3 is 3.00 bits per heavy atom. The third-order valence-electron chi connectivity index (χ3n) is 1.53. The Balaban J connectivity index is 2.47. The minimum atomic E-state index is -0.231. The van der Waals surface area contributed by atoms with Crippen molar-refractivity contribution >= 4 is 5.97 Å². The van der Waals surface area contributed by atoms with Gasteiger partial charge in [0.1, 0.15) is 12.7 Å². The number of methoxy groups -OCH3 is 1. The van der Waals surface area contributed by atoms with Crippen LogP contribution in [-0.4, -0.2) is 27.8 Å². The van der Waals surface area contributed by atoms with Crippen LogP contribution in [0.25, 0.3) is 0 Å². The molecule has 1 heterocycles. The molecule has 1 aromatic heterocycles. The van der Waals surface area contributed by atoms with Gasteiger partial charge in [0.05, 0.1) is 19.6 Å². The fraction of sp³-hybridized carbons (Fsp3) is 0.571. The van der Waals surface area contributed by atoms with Crippen molar-refractivity contribution in [2.75, 3.05) is 7.11 Å². The van der Waals surface area contributed by atoms with Crippen LogP contribution >= 0.6 is 0 Å². The summed E-state index contributed by atoms with van der Waals surface area (Å²) in [5.41, 5.74) is 0. The molecule has 0 fully saturated rings. The molecule has 0 aliphatic rings. The van der Waals surface area contributed by atoms with Gasteiger partial charge in [0.15, 0.2) is 0 Å². The molecule has 5 nitrogen and oxygen atoms in total. The van der Waals surface area contributed by atoms with Gasteiger partial charge in [-0.05, 0) is 0 Å². The van der Waals surface area contributed by atoms with Crippen LogP contribution in [-0.2, 0) is 16.1 Å². The van der Waals surface area contributed by atoms with E-state index in [1.54, 1.807) is 17.9 Å². The first kappa shape index (κ1) is 8.70. The fourth-order valence-electron chi connectivity index (χ4n) is 0.883. The smallest absolute Gasteiger partial charge is 0.310 e. The molecule has 0 bridgehead atoms. The normalized spacial score (nSPS) is 12.5. The van der Waals surface area contributed by atoms with Crippen molar-refractivity contribution in [2.24, 2.45) is 5.92 Å². The van der Waals surface area contributed by atoms with E-state index in [2.05, 4.69) is 14.8 Å². The van der Waals surface area contributed by atoms with Crippen molar-refractivity contribution in [1.29, 1.82) is 0 Å². The highest BCUT2D eigenvalue weighted by molar-refractivity contribution is 5.71. The monoisotopic (exact) mass is 169 g/mol. The molecule has 5 heteroatoms. The van der Waals surface area contributed by atoms with E-state index in [-0.39, 0.29) is 11.9 Å². The molecule has 0 unspecified atom stereocenters. The van der Waals surface area contributed by atoms with Crippen molar-refractivity contribution in [3.05, 3.63) is 12.7 Å². The van der Waals surface area contributed by atoms with E-state index in [0.29, 0.717) is 6.54 Å². The molecule has 0 aliphatic heterocycles. The summed E-state index contributed by atoms with van der Waals surface area (Å²) in [7, 11) is 1.38. The predicted molar refractivity (Wildman–Crippen MR) is 41.2 cm³/mol. The Kier molecular flexibility index (Phi) is 2.79. The quantitative estimate of drug-likeness (QED) is 0.601. The molecule has 1 atom stereocenters. The van der Waals surface area contributed by atoms with E-state index in [4.69, 9.17) is 0 Å². The van der Waals surface area contributed by atoms with Gasteiger partial charge >= 0.3 is 5.97 Å². The van der Waals surface area contributed by atoms with Crippen LogP contribution in [0.2, 0.25) is 0 Å². The molecule has 1 aromatic rings. The summed E-state index contributed by atoms with van der Waals surface area (Å²) in [5.74, 6) is -0.415. The van der Waals surface area contributed by atoms with Gasteiger partial charge < -0.3 is 4.74 Å². The van der Waals surface area contributed by atoms with Crippen molar-refractivity contribution in [1.82, 2.24) is 14.8 Å². The average Bonchev–Trinajstić information content (AvgIpc) is 2.55. The summed E-state index contributed by atoms with van der Waals surface area (Å²) in [6, 6.07) is 0. The van der Waals surface area contributed by atoms with Crippen LogP contribution in [0.3, 0.4) is 0 Å². The van der Waals surface area contributed by atoms with Crippen LogP contribution in [0, 0.1) is 5.92 Å². The maximum atomic E-state index is 11.0. The van der Waals surface area contributed by atoms with Crippen LogP contribution < -0.4 is 0 Å².